The van der Waals surface area contributed by atoms with Crippen molar-refractivity contribution in [3.8, 4) is 0 Å². The minimum Gasteiger partial charge on any atom is -0.338 e. The highest BCUT2D eigenvalue weighted by atomic mass is 19.1. The molecule has 0 aliphatic carbocycles. The molecule has 0 bridgehead atoms. The lowest BCUT2D eigenvalue weighted by atomic mass is 10.0. The van der Waals surface area contributed by atoms with Crippen LogP contribution in [0.2, 0.25) is 0 Å². The number of benzene rings is 2. The van der Waals surface area contributed by atoms with E-state index in [1.807, 2.05) is 0 Å². The summed E-state index contributed by atoms with van der Waals surface area (Å²) in [5.41, 5.74) is -0.00456. The number of amides is 1. The SMILES string of the molecule is Cn1ccnc1[C@H](NC(=O)c1cc(F)cc(F)c1)c1ccccc1F. The molecule has 1 heterocycles. The van der Waals surface area contributed by atoms with Gasteiger partial charge in [-0.3, -0.25) is 4.79 Å². The second kappa shape index (κ2) is 6.80. The van der Waals surface area contributed by atoms with E-state index in [-0.39, 0.29) is 11.1 Å². The topological polar surface area (TPSA) is 46.9 Å². The number of carbonyl (C=O) groups excluding carboxylic acids is 1. The van der Waals surface area contributed by atoms with E-state index in [1.54, 1.807) is 23.9 Å². The molecule has 0 spiro atoms. The largest absolute Gasteiger partial charge is 0.338 e. The normalized spacial score (nSPS) is 12.0. The Morgan fingerprint density at radius 1 is 1.12 bits per heavy atom. The van der Waals surface area contributed by atoms with Crippen molar-refractivity contribution in [3.05, 3.63) is 89.3 Å². The molecule has 0 saturated carbocycles. The van der Waals surface area contributed by atoms with Crippen LogP contribution in [0.3, 0.4) is 0 Å². The Kier molecular flexibility index (Phi) is 4.56. The number of hydrogen-bond donors (Lipinski definition) is 1. The van der Waals surface area contributed by atoms with Gasteiger partial charge in [-0.15, -0.1) is 0 Å². The van der Waals surface area contributed by atoms with Crippen molar-refractivity contribution in [1.82, 2.24) is 14.9 Å². The zero-order chi connectivity index (χ0) is 18.0. The fourth-order valence-corrected chi connectivity index (χ4v) is 2.55. The highest BCUT2D eigenvalue weighted by Gasteiger charge is 2.24. The molecule has 0 aliphatic heterocycles. The molecule has 0 saturated heterocycles. The monoisotopic (exact) mass is 345 g/mol. The van der Waals surface area contributed by atoms with E-state index in [9.17, 15) is 18.0 Å². The van der Waals surface area contributed by atoms with Gasteiger partial charge in [-0.05, 0) is 18.2 Å². The van der Waals surface area contributed by atoms with Gasteiger partial charge in [0.2, 0.25) is 0 Å². The first kappa shape index (κ1) is 16.8. The van der Waals surface area contributed by atoms with Gasteiger partial charge in [-0.25, -0.2) is 18.2 Å². The maximum absolute atomic E-state index is 14.2. The molecule has 25 heavy (non-hydrogen) atoms. The van der Waals surface area contributed by atoms with Crippen LogP contribution in [0.15, 0.2) is 54.9 Å². The smallest absolute Gasteiger partial charge is 0.252 e. The van der Waals surface area contributed by atoms with Gasteiger partial charge in [0.05, 0.1) is 0 Å². The number of nitrogens with zero attached hydrogens (tertiary/aromatic N) is 2. The molecule has 0 radical (unpaired) electrons. The number of halogens is 3. The number of hydrogen-bond acceptors (Lipinski definition) is 2. The van der Waals surface area contributed by atoms with Gasteiger partial charge in [0.1, 0.15) is 29.3 Å². The number of rotatable bonds is 4. The van der Waals surface area contributed by atoms with Crippen molar-refractivity contribution >= 4 is 5.91 Å². The molecule has 0 unspecified atom stereocenters. The lowest BCUT2D eigenvalue weighted by Crippen LogP contribution is -2.31. The number of carbonyl (C=O) groups is 1. The molecule has 3 aromatic rings. The van der Waals surface area contributed by atoms with Gasteiger partial charge < -0.3 is 9.88 Å². The molecule has 4 nitrogen and oxygen atoms in total. The Bertz CT molecular complexity index is 903. The molecule has 0 aliphatic rings. The number of aryl methyl sites for hydroxylation is 1. The minimum absolute atomic E-state index is 0.196. The van der Waals surface area contributed by atoms with Crippen LogP contribution in [0.5, 0.6) is 0 Å². The highest BCUT2D eigenvalue weighted by molar-refractivity contribution is 5.94. The average Bonchev–Trinajstić information content (AvgIpc) is 2.98. The maximum atomic E-state index is 14.2. The summed E-state index contributed by atoms with van der Waals surface area (Å²) in [6.07, 6.45) is 3.16. The fraction of sp³-hybridized carbons (Fsp3) is 0.111. The molecule has 3 rings (SSSR count). The molecule has 0 fully saturated rings. The molecule has 7 heteroatoms. The Hall–Kier alpha value is -3.09. The van der Waals surface area contributed by atoms with Gasteiger partial charge in [-0.2, -0.15) is 0 Å². The fourth-order valence-electron chi connectivity index (χ4n) is 2.55. The van der Waals surface area contributed by atoms with Crippen LogP contribution in [0.25, 0.3) is 0 Å². The third-order valence-corrected chi connectivity index (χ3v) is 3.73. The van der Waals surface area contributed by atoms with Gasteiger partial charge in [-0.1, -0.05) is 18.2 Å². The van der Waals surface area contributed by atoms with Gasteiger partial charge >= 0.3 is 0 Å². The second-order valence-corrected chi connectivity index (χ2v) is 5.48. The minimum atomic E-state index is -0.917. The van der Waals surface area contributed by atoms with E-state index in [1.165, 1.54) is 24.4 Å². The van der Waals surface area contributed by atoms with Crippen LogP contribution in [0, 0.1) is 17.5 Å². The standard InChI is InChI=1S/C18H14F3N3O/c1-24-7-6-22-17(24)16(14-4-2-3-5-15(14)21)23-18(25)11-8-12(19)10-13(20)9-11/h2-10,16H,1H3,(H,23,25)/t16-/m1/s1. The van der Waals surface area contributed by atoms with Crippen LogP contribution < -0.4 is 5.32 Å². The van der Waals surface area contributed by atoms with Gasteiger partial charge in [0.15, 0.2) is 0 Å². The zero-order valence-electron chi connectivity index (χ0n) is 13.2. The summed E-state index contributed by atoms with van der Waals surface area (Å²) in [6, 6.07) is 7.51. The van der Waals surface area contributed by atoms with Crippen LogP contribution in [-0.4, -0.2) is 15.5 Å². The summed E-state index contributed by atoms with van der Waals surface area (Å²) in [4.78, 5) is 16.6. The Morgan fingerprint density at radius 3 is 2.40 bits per heavy atom. The van der Waals surface area contributed by atoms with Crippen molar-refractivity contribution < 1.29 is 18.0 Å². The molecule has 1 N–H and O–H groups in total. The van der Waals surface area contributed by atoms with Crippen LogP contribution >= 0.6 is 0 Å². The summed E-state index contributed by atoms with van der Waals surface area (Å²) < 4.78 is 42.6. The van der Waals surface area contributed by atoms with E-state index >= 15 is 0 Å². The summed E-state index contributed by atoms with van der Waals surface area (Å²) in [5.74, 6) is -2.62. The Morgan fingerprint density at radius 2 is 1.80 bits per heavy atom. The second-order valence-electron chi connectivity index (χ2n) is 5.48. The van der Waals surface area contributed by atoms with Gasteiger partial charge in [0, 0.05) is 36.6 Å². The highest BCUT2D eigenvalue weighted by Crippen LogP contribution is 2.23. The summed E-state index contributed by atoms with van der Waals surface area (Å²) in [6.45, 7) is 0. The molecule has 128 valence electrons. The number of aromatic nitrogens is 2. The van der Waals surface area contributed by atoms with Crippen molar-refractivity contribution in [2.75, 3.05) is 0 Å². The van der Waals surface area contributed by atoms with Crippen LogP contribution in [0.1, 0.15) is 27.8 Å². The van der Waals surface area contributed by atoms with E-state index in [0.717, 1.165) is 12.1 Å². The predicted octanol–water partition coefficient (Wildman–Crippen LogP) is 3.36. The van der Waals surface area contributed by atoms with Crippen molar-refractivity contribution in [1.29, 1.82) is 0 Å². The first-order valence-electron chi connectivity index (χ1n) is 7.44. The number of imidazole rings is 1. The first-order valence-corrected chi connectivity index (χ1v) is 7.44. The lowest BCUT2D eigenvalue weighted by molar-refractivity contribution is 0.0939. The predicted molar refractivity (Wildman–Crippen MR) is 85.3 cm³/mol. The van der Waals surface area contributed by atoms with E-state index < -0.39 is 29.4 Å². The molecular formula is C18H14F3N3O. The van der Waals surface area contributed by atoms with E-state index in [0.29, 0.717) is 11.9 Å². The Balaban J connectivity index is 2.00. The van der Waals surface area contributed by atoms with Gasteiger partial charge in [0.25, 0.3) is 5.91 Å². The summed E-state index contributed by atoms with van der Waals surface area (Å²) in [7, 11) is 1.70. The lowest BCUT2D eigenvalue weighted by Gasteiger charge is -2.20. The first-order chi connectivity index (χ1) is 12.0. The summed E-state index contributed by atoms with van der Waals surface area (Å²) in [5, 5.41) is 2.59. The molecule has 1 aromatic heterocycles. The van der Waals surface area contributed by atoms with Crippen LogP contribution in [-0.2, 0) is 7.05 Å². The van der Waals surface area contributed by atoms with Crippen molar-refractivity contribution in [2.45, 2.75) is 6.04 Å². The summed E-state index contributed by atoms with van der Waals surface area (Å²) >= 11 is 0. The molecule has 2 aromatic carbocycles. The van der Waals surface area contributed by atoms with Crippen molar-refractivity contribution in [3.63, 3.8) is 0 Å². The quantitative estimate of drug-likeness (QED) is 0.788. The third kappa shape index (κ3) is 3.55. The number of nitrogens with one attached hydrogen (secondary N) is 1. The molecule has 1 atom stereocenters. The van der Waals surface area contributed by atoms with Crippen molar-refractivity contribution in [2.24, 2.45) is 7.05 Å². The van der Waals surface area contributed by atoms with Crippen LogP contribution in [0.4, 0.5) is 13.2 Å². The zero-order valence-corrected chi connectivity index (χ0v) is 13.2. The van der Waals surface area contributed by atoms with E-state index in [2.05, 4.69) is 10.3 Å². The Labute approximate surface area is 141 Å². The average molecular weight is 345 g/mol. The van der Waals surface area contributed by atoms with E-state index in [4.69, 9.17) is 0 Å². The third-order valence-electron chi connectivity index (χ3n) is 3.73. The molecule has 1 amide bonds. The maximum Gasteiger partial charge on any atom is 0.252 e. The molecular weight excluding hydrogens is 331 g/mol.